The summed E-state index contributed by atoms with van der Waals surface area (Å²) in [7, 11) is 3.25. The molecule has 0 fully saturated rings. The molecule has 0 unspecified atom stereocenters. The Bertz CT molecular complexity index is 1270. The molecule has 5 rings (SSSR count). The van der Waals surface area contributed by atoms with Crippen LogP contribution in [0.4, 0.5) is 5.69 Å². The number of carbonyl (C=O) groups excluding carboxylic acids is 1. The van der Waals surface area contributed by atoms with E-state index in [9.17, 15) is 14.9 Å². The van der Waals surface area contributed by atoms with E-state index in [4.69, 9.17) is 9.47 Å². The van der Waals surface area contributed by atoms with Crippen LogP contribution in [0.15, 0.2) is 53.7 Å². The van der Waals surface area contributed by atoms with Crippen LogP contribution in [0.1, 0.15) is 49.3 Å². The number of fused-ring (bicyclic) bond motifs is 4. The van der Waals surface area contributed by atoms with Crippen LogP contribution in [0.3, 0.4) is 0 Å². The Balaban J connectivity index is 1.72. The van der Waals surface area contributed by atoms with E-state index in [2.05, 4.69) is 24.8 Å². The second-order valence-electron chi connectivity index (χ2n) is 9.95. The summed E-state index contributed by atoms with van der Waals surface area (Å²) in [6.45, 7) is 5.01. The Morgan fingerprint density at radius 3 is 2.53 bits per heavy atom. The first-order chi connectivity index (χ1) is 16.2. The van der Waals surface area contributed by atoms with Gasteiger partial charge in [-0.05, 0) is 47.6 Å². The molecule has 0 aromatic heterocycles. The maximum atomic E-state index is 13.5. The molecule has 1 atom stereocenters. The van der Waals surface area contributed by atoms with Gasteiger partial charge in [0.1, 0.15) is 0 Å². The summed E-state index contributed by atoms with van der Waals surface area (Å²) >= 11 is 0. The molecule has 7 nitrogen and oxygen atoms in total. The van der Waals surface area contributed by atoms with E-state index < -0.39 is 0 Å². The van der Waals surface area contributed by atoms with Crippen LogP contribution in [-0.2, 0) is 11.2 Å². The Labute approximate surface area is 198 Å². The summed E-state index contributed by atoms with van der Waals surface area (Å²) in [4.78, 5) is 26.8. The van der Waals surface area contributed by atoms with Crippen LogP contribution in [0.2, 0.25) is 0 Å². The van der Waals surface area contributed by atoms with Crippen molar-refractivity contribution in [1.82, 2.24) is 4.90 Å². The molecule has 34 heavy (non-hydrogen) atoms. The van der Waals surface area contributed by atoms with Gasteiger partial charge in [0.05, 0.1) is 19.1 Å². The lowest BCUT2D eigenvalue weighted by atomic mass is 9.69. The first-order valence-electron chi connectivity index (χ1n) is 11.5. The van der Waals surface area contributed by atoms with Crippen LogP contribution in [0.5, 0.6) is 11.5 Å². The number of non-ortho nitro benzene ring substituents is 1. The third-order valence-electron chi connectivity index (χ3n) is 7.08. The van der Waals surface area contributed by atoms with Crippen molar-refractivity contribution in [2.24, 2.45) is 5.41 Å². The molecule has 0 saturated heterocycles. The molecular weight excluding hydrogens is 432 g/mol. The monoisotopic (exact) mass is 460 g/mol. The van der Waals surface area contributed by atoms with Crippen molar-refractivity contribution in [3.63, 3.8) is 0 Å². The molecule has 0 spiro atoms. The quantitative estimate of drug-likeness (QED) is 0.458. The van der Waals surface area contributed by atoms with Crippen molar-refractivity contribution in [2.75, 3.05) is 20.8 Å². The number of hydrogen-bond acceptors (Lipinski definition) is 6. The van der Waals surface area contributed by atoms with Gasteiger partial charge >= 0.3 is 0 Å². The van der Waals surface area contributed by atoms with Crippen LogP contribution in [0.25, 0.3) is 5.70 Å². The number of methoxy groups -OCH3 is 2. The maximum absolute atomic E-state index is 13.5. The zero-order valence-electron chi connectivity index (χ0n) is 19.9. The lowest BCUT2D eigenvalue weighted by Crippen LogP contribution is -2.40. The fourth-order valence-electron chi connectivity index (χ4n) is 5.56. The molecule has 3 aliphatic rings. The highest BCUT2D eigenvalue weighted by Gasteiger charge is 2.43. The van der Waals surface area contributed by atoms with Crippen LogP contribution in [0, 0.1) is 15.5 Å². The number of allylic oxidation sites excluding steroid dienone is 3. The third kappa shape index (κ3) is 3.56. The molecule has 2 aliphatic heterocycles. The Kier molecular flexibility index (Phi) is 5.23. The van der Waals surface area contributed by atoms with Gasteiger partial charge in [-0.3, -0.25) is 14.9 Å². The zero-order valence-corrected chi connectivity index (χ0v) is 19.9. The molecule has 2 heterocycles. The highest BCUT2D eigenvalue weighted by atomic mass is 16.6. The molecular formula is C27H28N2O5. The van der Waals surface area contributed by atoms with Crippen molar-refractivity contribution in [2.45, 2.75) is 39.0 Å². The first-order valence-corrected chi connectivity index (χ1v) is 11.5. The van der Waals surface area contributed by atoms with Gasteiger partial charge in [0.2, 0.25) is 0 Å². The van der Waals surface area contributed by atoms with Gasteiger partial charge in [0.25, 0.3) is 5.69 Å². The van der Waals surface area contributed by atoms with E-state index in [-0.39, 0.29) is 27.7 Å². The van der Waals surface area contributed by atoms with Gasteiger partial charge in [-0.15, -0.1) is 0 Å². The number of ether oxygens (including phenoxy) is 2. The largest absolute Gasteiger partial charge is 0.493 e. The summed E-state index contributed by atoms with van der Waals surface area (Å²) in [6, 6.07) is 10.7. The smallest absolute Gasteiger partial charge is 0.269 e. The van der Waals surface area contributed by atoms with Crippen molar-refractivity contribution < 1.29 is 19.2 Å². The fraction of sp³-hybridized carbons (Fsp3) is 0.370. The molecule has 2 aromatic carbocycles. The summed E-state index contributed by atoms with van der Waals surface area (Å²) in [5, 5.41) is 11.5. The predicted molar refractivity (Wildman–Crippen MR) is 129 cm³/mol. The summed E-state index contributed by atoms with van der Waals surface area (Å²) in [5.74, 6) is 1.12. The summed E-state index contributed by atoms with van der Waals surface area (Å²) < 4.78 is 11.1. The Morgan fingerprint density at radius 1 is 1.09 bits per heavy atom. The van der Waals surface area contributed by atoms with Gasteiger partial charge in [-0.1, -0.05) is 26.0 Å². The normalized spacial score (nSPS) is 20.7. The van der Waals surface area contributed by atoms with Gasteiger partial charge in [-0.2, -0.15) is 0 Å². The number of hydrogen-bond donors (Lipinski definition) is 0. The van der Waals surface area contributed by atoms with Crippen LogP contribution < -0.4 is 9.47 Å². The highest BCUT2D eigenvalue weighted by Crippen LogP contribution is 2.51. The number of rotatable bonds is 4. The molecule has 1 aliphatic carbocycles. The number of nitro benzene ring substituents is 1. The molecule has 2 aromatic rings. The van der Waals surface area contributed by atoms with Crippen molar-refractivity contribution in [3.05, 3.63) is 80.5 Å². The minimum atomic E-state index is -0.389. The fourth-order valence-corrected chi connectivity index (χ4v) is 5.56. The topological polar surface area (TPSA) is 81.9 Å². The van der Waals surface area contributed by atoms with E-state index in [1.54, 1.807) is 26.4 Å². The second kappa shape index (κ2) is 8.01. The lowest BCUT2D eigenvalue weighted by Gasteiger charge is -2.46. The van der Waals surface area contributed by atoms with Gasteiger partial charge < -0.3 is 14.4 Å². The van der Waals surface area contributed by atoms with E-state index in [0.29, 0.717) is 17.9 Å². The molecule has 0 bridgehead atoms. The minimum absolute atomic E-state index is 0.0273. The van der Waals surface area contributed by atoms with Crippen LogP contribution >= 0.6 is 0 Å². The van der Waals surface area contributed by atoms with Gasteiger partial charge in [0.15, 0.2) is 17.3 Å². The SMILES string of the molecule is COc1cc2c(cc1OC)C1=C[C@@H](c3cccc([N+](=O)[O-])c3)C3=C(CC(C)(C)CC3=O)N1CC2. The maximum Gasteiger partial charge on any atom is 0.269 e. The minimum Gasteiger partial charge on any atom is -0.493 e. The van der Waals surface area contributed by atoms with Gasteiger partial charge in [-0.25, -0.2) is 0 Å². The van der Waals surface area contributed by atoms with Crippen molar-refractivity contribution >= 4 is 17.2 Å². The number of nitrogens with zero attached hydrogens (tertiary/aromatic N) is 2. The van der Waals surface area contributed by atoms with Crippen LogP contribution in [-0.4, -0.2) is 36.4 Å². The lowest BCUT2D eigenvalue weighted by molar-refractivity contribution is -0.384. The highest BCUT2D eigenvalue weighted by molar-refractivity contribution is 6.01. The molecule has 0 saturated carbocycles. The zero-order chi connectivity index (χ0) is 24.2. The first kappa shape index (κ1) is 22.2. The predicted octanol–water partition coefficient (Wildman–Crippen LogP) is 5.25. The molecule has 0 radical (unpaired) electrons. The van der Waals surface area contributed by atoms with Crippen molar-refractivity contribution in [1.29, 1.82) is 0 Å². The average Bonchev–Trinajstić information content (AvgIpc) is 2.81. The summed E-state index contributed by atoms with van der Waals surface area (Å²) in [6.07, 6.45) is 4.16. The molecule has 0 amide bonds. The molecule has 176 valence electrons. The third-order valence-corrected chi connectivity index (χ3v) is 7.08. The summed E-state index contributed by atoms with van der Waals surface area (Å²) in [5.41, 5.74) is 5.66. The molecule has 7 heteroatoms. The second-order valence-corrected chi connectivity index (χ2v) is 9.95. The average molecular weight is 461 g/mol. The van der Waals surface area contributed by atoms with Gasteiger partial charge in [0, 0.05) is 53.5 Å². The number of benzene rings is 2. The Morgan fingerprint density at radius 2 is 1.82 bits per heavy atom. The van der Waals surface area contributed by atoms with E-state index in [1.807, 2.05) is 18.2 Å². The van der Waals surface area contributed by atoms with E-state index in [0.717, 1.165) is 53.0 Å². The van der Waals surface area contributed by atoms with E-state index in [1.165, 1.54) is 6.07 Å². The van der Waals surface area contributed by atoms with Crippen molar-refractivity contribution in [3.8, 4) is 11.5 Å². The number of nitro groups is 1. The molecule has 0 N–H and O–H groups in total. The Hall–Kier alpha value is -3.61. The number of ketones is 1. The van der Waals surface area contributed by atoms with E-state index >= 15 is 0 Å². The standard InChI is InChI=1S/C27H28N2O5/c1-27(2)14-22-26(23(30)15-27)20(16-6-5-7-18(10-16)29(31)32)12-21-19-13-25(34-4)24(33-3)11-17(19)8-9-28(21)22/h5-7,10-13,20H,8-9,14-15H2,1-4H3/t20-/m0/s1. The number of carbonyl (C=O) groups is 1. The number of Topliss-reactive ketones (excluding diaryl/α,β-unsaturated/α-hetero) is 1.